The SMILES string of the molecule is C/C=C/C(=O)N1CC(CO)OCC1C. The van der Waals surface area contributed by atoms with E-state index in [1.165, 1.54) is 6.08 Å². The number of allylic oxidation sites excluding steroid dienone is 1. The van der Waals surface area contributed by atoms with Crippen molar-refractivity contribution in [2.75, 3.05) is 19.8 Å². The zero-order chi connectivity index (χ0) is 10.6. The van der Waals surface area contributed by atoms with Gasteiger partial charge in [0.05, 0.1) is 25.4 Å². The third kappa shape index (κ3) is 2.56. The molecule has 1 saturated heterocycles. The summed E-state index contributed by atoms with van der Waals surface area (Å²) in [4.78, 5) is 13.3. The Morgan fingerprint density at radius 1 is 1.71 bits per heavy atom. The van der Waals surface area contributed by atoms with Crippen LogP contribution >= 0.6 is 0 Å². The normalized spacial score (nSPS) is 28.4. The highest BCUT2D eigenvalue weighted by Crippen LogP contribution is 2.11. The molecule has 1 amide bonds. The van der Waals surface area contributed by atoms with Crippen molar-refractivity contribution >= 4 is 5.91 Å². The number of carbonyl (C=O) groups is 1. The molecule has 14 heavy (non-hydrogen) atoms. The first-order chi connectivity index (χ1) is 6.69. The van der Waals surface area contributed by atoms with Crippen molar-refractivity contribution in [2.24, 2.45) is 0 Å². The van der Waals surface area contributed by atoms with E-state index >= 15 is 0 Å². The van der Waals surface area contributed by atoms with E-state index in [-0.39, 0.29) is 24.7 Å². The monoisotopic (exact) mass is 199 g/mol. The first kappa shape index (κ1) is 11.2. The zero-order valence-corrected chi connectivity index (χ0v) is 8.64. The highest BCUT2D eigenvalue weighted by Gasteiger charge is 2.27. The average Bonchev–Trinajstić information content (AvgIpc) is 2.19. The van der Waals surface area contributed by atoms with Crippen molar-refractivity contribution < 1.29 is 14.6 Å². The average molecular weight is 199 g/mol. The second kappa shape index (κ2) is 5.12. The first-order valence-corrected chi connectivity index (χ1v) is 4.84. The van der Waals surface area contributed by atoms with Gasteiger partial charge in [0.2, 0.25) is 5.91 Å². The van der Waals surface area contributed by atoms with Crippen LogP contribution in [0.15, 0.2) is 12.2 Å². The second-order valence-electron chi connectivity index (χ2n) is 3.48. The van der Waals surface area contributed by atoms with Gasteiger partial charge < -0.3 is 14.7 Å². The topological polar surface area (TPSA) is 49.8 Å². The van der Waals surface area contributed by atoms with Gasteiger partial charge in [-0.25, -0.2) is 0 Å². The zero-order valence-electron chi connectivity index (χ0n) is 8.64. The lowest BCUT2D eigenvalue weighted by atomic mass is 10.2. The standard InChI is InChI=1S/C10H17NO3/c1-3-4-10(13)11-5-9(6-12)14-7-8(11)2/h3-4,8-9,12H,5-7H2,1-2H3/b4-3+. The maximum absolute atomic E-state index is 11.6. The van der Waals surface area contributed by atoms with Gasteiger partial charge in [0, 0.05) is 6.54 Å². The number of nitrogens with zero attached hydrogens (tertiary/aromatic N) is 1. The Balaban J connectivity index is 2.60. The Labute approximate surface area is 84.2 Å². The van der Waals surface area contributed by atoms with Crippen LogP contribution < -0.4 is 0 Å². The molecular formula is C10H17NO3. The highest BCUT2D eigenvalue weighted by atomic mass is 16.5. The Morgan fingerprint density at radius 2 is 2.43 bits per heavy atom. The summed E-state index contributed by atoms with van der Waals surface area (Å²) < 4.78 is 5.33. The van der Waals surface area contributed by atoms with Crippen LogP contribution in [0.2, 0.25) is 0 Å². The molecule has 4 nitrogen and oxygen atoms in total. The number of morpholine rings is 1. The van der Waals surface area contributed by atoms with Crippen molar-refractivity contribution in [2.45, 2.75) is 26.0 Å². The molecule has 0 radical (unpaired) electrons. The lowest BCUT2D eigenvalue weighted by Crippen LogP contribution is -2.51. The minimum absolute atomic E-state index is 0.0123. The number of hydrogen-bond donors (Lipinski definition) is 1. The molecule has 80 valence electrons. The van der Waals surface area contributed by atoms with E-state index < -0.39 is 0 Å². The molecule has 0 aromatic carbocycles. The smallest absolute Gasteiger partial charge is 0.246 e. The Bertz CT molecular complexity index is 227. The molecule has 1 aliphatic rings. The molecule has 0 aromatic rings. The second-order valence-corrected chi connectivity index (χ2v) is 3.48. The van der Waals surface area contributed by atoms with Crippen LogP contribution in [-0.2, 0) is 9.53 Å². The summed E-state index contributed by atoms with van der Waals surface area (Å²) in [5.41, 5.74) is 0. The fourth-order valence-corrected chi connectivity index (χ4v) is 1.47. The van der Waals surface area contributed by atoms with Gasteiger partial charge in [-0.3, -0.25) is 4.79 Å². The maximum atomic E-state index is 11.6. The molecule has 1 heterocycles. The van der Waals surface area contributed by atoms with Crippen LogP contribution in [0.3, 0.4) is 0 Å². The molecule has 1 rings (SSSR count). The third-order valence-corrected chi connectivity index (χ3v) is 2.30. The molecule has 1 N–H and O–H groups in total. The van der Waals surface area contributed by atoms with E-state index in [2.05, 4.69) is 0 Å². The predicted molar refractivity (Wildman–Crippen MR) is 52.8 cm³/mol. The minimum atomic E-state index is -0.236. The molecule has 1 aliphatic heterocycles. The van der Waals surface area contributed by atoms with E-state index in [0.717, 1.165) is 0 Å². The fraction of sp³-hybridized carbons (Fsp3) is 0.700. The molecule has 0 aromatic heterocycles. The molecule has 2 atom stereocenters. The number of hydrogen-bond acceptors (Lipinski definition) is 3. The van der Waals surface area contributed by atoms with Gasteiger partial charge in [0.25, 0.3) is 0 Å². The van der Waals surface area contributed by atoms with Gasteiger partial charge in [-0.1, -0.05) is 6.08 Å². The van der Waals surface area contributed by atoms with E-state index in [4.69, 9.17) is 9.84 Å². The quantitative estimate of drug-likeness (QED) is 0.645. The molecule has 0 aliphatic carbocycles. The molecule has 0 saturated carbocycles. The van der Waals surface area contributed by atoms with Crippen molar-refractivity contribution in [3.05, 3.63) is 12.2 Å². The summed E-state index contributed by atoms with van der Waals surface area (Å²) in [6.45, 7) is 4.68. The summed E-state index contributed by atoms with van der Waals surface area (Å²) >= 11 is 0. The van der Waals surface area contributed by atoms with Gasteiger partial charge in [-0.2, -0.15) is 0 Å². The number of aliphatic hydroxyl groups excluding tert-OH is 1. The van der Waals surface area contributed by atoms with Crippen LogP contribution in [-0.4, -0.2) is 47.8 Å². The Kier molecular flexibility index (Phi) is 4.10. The molecule has 2 unspecified atom stereocenters. The molecular weight excluding hydrogens is 182 g/mol. The van der Waals surface area contributed by atoms with Crippen molar-refractivity contribution in [3.8, 4) is 0 Å². The van der Waals surface area contributed by atoms with Gasteiger partial charge in [-0.05, 0) is 19.9 Å². The Hall–Kier alpha value is -0.870. The van der Waals surface area contributed by atoms with Crippen molar-refractivity contribution in [1.82, 2.24) is 4.90 Å². The summed E-state index contributed by atoms with van der Waals surface area (Å²) in [6.07, 6.45) is 3.02. The molecule has 1 fully saturated rings. The van der Waals surface area contributed by atoms with Crippen molar-refractivity contribution in [3.63, 3.8) is 0 Å². The van der Waals surface area contributed by atoms with Crippen LogP contribution in [0.5, 0.6) is 0 Å². The fourth-order valence-electron chi connectivity index (χ4n) is 1.47. The first-order valence-electron chi connectivity index (χ1n) is 4.84. The van der Waals surface area contributed by atoms with Gasteiger partial charge in [0.1, 0.15) is 0 Å². The summed E-state index contributed by atoms with van der Waals surface area (Å²) in [7, 11) is 0. The number of amides is 1. The third-order valence-electron chi connectivity index (χ3n) is 2.30. The largest absolute Gasteiger partial charge is 0.394 e. The predicted octanol–water partition coefficient (Wildman–Crippen LogP) is 0.171. The van der Waals surface area contributed by atoms with Crippen LogP contribution in [0.1, 0.15) is 13.8 Å². The summed E-state index contributed by atoms with van der Waals surface area (Å²) in [6, 6.07) is 0.0847. The molecule has 4 heteroatoms. The number of ether oxygens (including phenoxy) is 1. The summed E-state index contributed by atoms with van der Waals surface area (Å²) in [5, 5.41) is 8.93. The highest BCUT2D eigenvalue weighted by molar-refractivity contribution is 5.87. The van der Waals surface area contributed by atoms with E-state index in [1.807, 2.05) is 13.8 Å². The molecule has 0 spiro atoms. The van der Waals surface area contributed by atoms with Crippen LogP contribution in [0.25, 0.3) is 0 Å². The maximum Gasteiger partial charge on any atom is 0.246 e. The minimum Gasteiger partial charge on any atom is -0.394 e. The number of carbonyl (C=O) groups excluding carboxylic acids is 1. The molecule has 0 bridgehead atoms. The number of rotatable bonds is 2. The van der Waals surface area contributed by atoms with Crippen molar-refractivity contribution in [1.29, 1.82) is 0 Å². The van der Waals surface area contributed by atoms with E-state index in [1.54, 1.807) is 11.0 Å². The van der Waals surface area contributed by atoms with Crippen LogP contribution in [0.4, 0.5) is 0 Å². The Morgan fingerprint density at radius 3 is 3.00 bits per heavy atom. The lowest BCUT2D eigenvalue weighted by Gasteiger charge is -2.36. The van der Waals surface area contributed by atoms with Gasteiger partial charge >= 0.3 is 0 Å². The lowest BCUT2D eigenvalue weighted by molar-refractivity contribution is -0.140. The van der Waals surface area contributed by atoms with Gasteiger partial charge in [0.15, 0.2) is 0 Å². The van der Waals surface area contributed by atoms with Crippen LogP contribution in [0, 0.1) is 0 Å². The van der Waals surface area contributed by atoms with Gasteiger partial charge in [-0.15, -0.1) is 0 Å². The van der Waals surface area contributed by atoms with E-state index in [9.17, 15) is 4.79 Å². The van der Waals surface area contributed by atoms with E-state index in [0.29, 0.717) is 13.2 Å². The number of aliphatic hydroxyl groups is 1. The summed E-state index contributed by atoms with van der Waals surface area (Å²) in [5.74, 6) is -0.0123.